The van der Waals surface area contributed by atoms with Crippen LogP contribution >= 0.6 is 11.6 Å². The van der Waals surface area contributed by atoms with E-state index in [1.54, 1.807) is 0 Å². The average Bonchev–Trinajstić information content (AvgIpc) is 2.18. The third kappa shape index (κ3) is 3.30. The van der Waals surface area contributed by atoms with Gasteiger partial charge in [0.25, 0.3) is 0 Å². The quantitative estimate of drug-likeness (QED) is 0.798. The van der Waals surface area contributed by atoms with Gasteiger partial charge in [0.05, 0.1) is 0 Å². The van der Waals surface area contributed by atoms with Crippen molar-refractivity contribution in [1.29, 1.82) is 0 Å². The van der Waals surface area contributed by atoms with Crippen molar-refractivity contribution in [3.05, 3.63) is 46.7 Å². The number of hydrogen-bond acceptors (Lipinski definition) is 2. The van der Waals surface area contributed by atoms with Crippen LogP contribution in [0.3, 0.4) is 0 Å². The van der Waals surface area contributed by atoms with Gasteiger partial charge in [-0.15, -0.1) is 0 Å². The van der Waals surface area contributed by atoms with E-state index in [2.05, 4.69) is 23.6 Å². The summed E-state index contributed by atoms with van der Waals surface area (Å²) in [4.78, 5) is 0. The fraction of sp³-hybridized carbons (Fsp3) is 0.273. The molecule has 1 aromatic carbocycles. The monoisotopic (exact) mass is 210 g/mol. The molecule has 14 heavy (non-hydrogen) atoms. The molecule has 0 fully saturated rings. The summed E-state index contributed by atoms with van der Waals surface area (Å²) in [6, 6.07) is 6.02. The molecule has 1 aromatic rings. The molecule has 0 saturated carbocycles. The van der Waals surface area contributed by atoms with Crippen LogP contribution in [-0.2, 0) is 6.54 Å². The van der Waals surface area contributed by atoms with Crippen molar-refractivity contribution in [2.45, 2.75) is 13.5 Å². The van der Waals surface area contributed by atoms with Gasteiger partial charge in [-0.25, -0.2) is 0 Å². The van der Waals surface area contributed by atoms with Crippen molar-refractivity contribution in [2.24, 2.45) is 0 Å². The number of nitrogens with one attached hydrogen (secondary N) is 2. The van der Waals surface area contributed by atoms with Crippen molar-refractivity contribution in [2.75, 3.05) is 7.05 Å². The minimum Gasteiger partial charge on any atom is -0.393 e. The van der Waals surface area contributed by atoms with Gasteiger partial charge in [-0.3, -0.25) is 0 Å². The normalized spacial score (nSPS) is 10.5. The molecule has 0 spiro atoms. The maximum Gasteiger partial charge on any atom is 0.0456 e. The Hall–Kier alpha value is -1.15. The van der Waals surface area contributed by atoms with Crippen LogP contribution in [0.4, 0.5) is 0 Å². The zero-order chi connectivity index (χ0) is 10.4. The molecule has 0 aliphatic carbocycles. The van der Waals surface area contributed by atoms with Gasteiger partial charge in [-0.2, -0.15) is 0 Å². The molecule has 0 heterocycles. The maximum atomic E-state index is 6.03. The molecule has 76 valence electrons. The van der Waals surface area contributed by atoms with Crippen LogP contribution in [0.25, 0.3) is 0 Å². The van der Waals surface area contributed by atoms with Crippen molar-refractivity contribution < 1.29 is 0 Å². The Balaban J connectivity index is 2.57. The lowest BCUT2D eigenvalue weighted by atomic mass is 10.1. The molecule has 2 nitrogen and oxygen atoms in total. The molecule has 0 amide bonds. The van der Waals surface area contributed by atoms with E-state index in [1.807, 2.05) is 31.6 Å². The molecule has 0 atom stereocenters. The van der Waals surface area contributed by atoms with E-state index in [-0.39, 0.29) is 0 Å². The molecule has 0 aromatic heterocycles. The third-order valence-corrected chi connectivity index (χ3v) is 2.23. The zero-order valence-corrected chi connectivity index (χ0v) is 9.23. The van der Waals surface area contributed by atoms with E-state index >= 15 is 0 Å². The fourth-order valence-corrected chi connectivity index (χ4v) is 1.33. The largest absolute Gasteiger partial charge is 0.393 e. The maximum absolute atomic E-state index is 6.03. The Morgan fingerprint density at radius 3 is 2.86 bits per heavy atom. The predicted molar refractivity (Wildman–Crippen MR) is 61.2 cm³/mol. The number of halogens is 1. The summed E-state index contributed by atoms with van der Waals surface area (Å²) in [5.41, 5.74) is 2.34. The summed E-state index contributed by atoms with van der Waals surface area (Å²) in [5.74, 6) is 0. The summed E-state index contributed by atoms with van der Waals surface area (Å²) in [6.07, 6.45) is 3.70. The summed E-state index contributed by atoms with van der Waals surface area (Å²) < 4.78 is 0. The zero-order valence-electron chi connectivity index (χ0n) is 8.47. The molecule has 2 N–H and O–H groups in total. The van der Waals surface area contributed by atoms with E-state index in [9.17, 15) is 0 Å². The van der Waals surface area contributed by atoms with E-state index < -0.39 is 0 Å². The van der Waals surface area contributed by atoms with Crippen LogP contribution in [0.2, 0.25) is 5.02 Å². The van der Waals surface area contributed by atoms with Crippen LogP contribution in [0, 0.1) is 6.92 Å². The lowest BCUT2D eigenvalue weighted by molar-refractivity contribution is 0.858. The number of aryl methyl sites for hydroxylation is 1. The van der Waals surface area contributed by atoms with Crippen molar-refractivity contribution in [3.63, 3.8) is 0 Å². The topological polar surface area (TPSA) is 24.1 Å². The smallest absolute Gasteiger partial charge is 0.0456 e. The number of benzene rings is 1. The van der Waals surface area contributed by atoms with Crippen molar-refractivity contribution in [3.8, 4) is 0 Å². The molecule has 1 rings (SSSR count). The van der Waals surface area contributed by atoms with Crippen molar-refractivity contribution >= 4 is 11.6 Å². The van der Waals surface area contributed by atoms with Gasteiger partial charge in [0, 0.05) is 31.0 Å². The molecular formula is C11H15ClN2. The average molecular weight is 211 g/mol. The second-order valence-corrected chi connectivity index (χ2v) is 3.50. The van der Waals surface area contributed by atoms with Gasteiger partial charge >= 0.3 is 0 Å². The van der Waals surface area contributed by atoms with Gasteiger partial charge < -0.3 is 10.6 Å². The van der Waals surface area contributed by atoms with E-state index in [1.165, 1.54) is 5.56 Å². The second kappa shape index (κ2) is 5.55. The molecule has 0 aliphatic rings. The van der Waals surface area contributed by atoms with Gasteiger partial charge in [-0.1, -0.05) is 29.3 Å². The molecule has 0 radical (unpaired) electrons. The summed E-state index contributed by atoms with van der Waals surface area (Å²) in [5, 5.41) is 6.85. The van der Waals surface area contributed by atoms with Crippen LogP contribution in [0.5, 0.6) is 0 Å². The Labute approximate surface area is 90.0 Å². The highest BCUT2D eigenvalue weighted by Gasteiger charge is 1.98. The first-order valence-corrected chi connectivity index (χ1v) is 4.92. The van der Waals surface area contributed by atoms with Crippen LogP contribution in [0.15, 0.2) is 30.6 Å². The standard InChI is InChI=1S/C11H15ClN2/c1-9-3-4-11(12)10(7-9)8-14-6-5-13-2/h3-7,13-14H,8H2,1-2H3/b6-5-. The van der Waals surface area contributed by atoms with E-state index in [4.69, 9.17) is 11.6 Å². The third-order valence-electron chi connectivity index (χ3n) is 1.86. The molecule has 0 saturated heterocycles. The van der Waals surface area contributed by atoms with Crippen molar-refractivity contribution in [1.82, 2.24) is 10.6 Å². The van der Waals surface area contributed by atoms with E-state index in [0.717, 1.165) is 17.1 Å². The summed E-state index contributed by atoms with van der Waals surface area (Å²) >= 11 is 6.03. The van der Waals surface area contributed by atoms with Gasteiger partial charge in [0.1, 0.15) is 0 Å². The lowest BCUT2D eigenvalue weighted by Gasteiger charge is -2.05. The number of rotatable bonds is 4. The first-order valence-electron chi connectivity index (χ1n) is 4.54. The molecule has 3 heteroatoms. The first kappa shape index (κ1) is 10.9. The summed E-state index contributed by atoms with van der Waals surface area (Å²) in [7, 11) is 1.86. The number of hydrogen-bond donors (Lipinski definition) is 2. The second-order valence-electron chi connectivity index (χ2n) is 3.10. The highest BCUT2D eigenvalue weighted by Crippen LogP contribution is 2.16. The molecule has 0 aliphatic heterocycles. The minimum atomic E-state index is 0.749. The Morgan fingerprint density at radius 1 is 1.36 bits per heavy atom. The van der Waals surface area contributed by atoms with Crippen LogP contribution in [-0.4, -0.2) is 7.05 Å². The molecule has 0 bridgehead atoms. The Kier molecular flexibility index (Phi) is 4.33. The lowest BCUT2D eigenvalue weighted by Crippen LogP contribution is -2.07. The molecular weight excluding hydrogens is 196 g/mol. The highest BCUT2D eigenvalue weighted by atomic mass is 35.5. The molecule has 0 unspecified atom stereocenters. The first-order chi connectivity index (χ1) is 6.74. The minimum absolute atomic E-state index is 0.749. The van der Waals surface area contributed by atoms with Gasteiger partial charge in [-0.05, 0) is 18.6 Å². The fourth-order valence-electron chi connectivity index (χ4n) is 1.15. The predicted octanol–water partition coefficient (Wildman–Crippen LogP) is 2.43. The highest BCUT2D eigenvalue weighted by molar-refractivity contribution is 6.31. The van der Waals surface area contributed by atoms with Crippen LogP contribution in [0.1, 0.15) is 11.1 Å². The van der Waals surface area contributed by atoms with Gasteiger partial charge in [0.2, 0.25) is 0 Å². The summed E-state index contributed by atoms with van der Waals surface area (Å²) in [6.45, 7) is 2.81. The SMILES string of the molecule is CN/C=C\NCc1cc(C)ccc1Cl. The van der Waals surface area contributed by atoms with Gasteiger partial charge in [0.15, 0.2) is 0 Å². The Morgan fingerprint density at radius 2 is 2.14 bits per heavy atom. The van der Waals surface area contributed by atoms with Crippen LogP contribution < -0.4 is 10.6 Å². The van der Waals surface area contributed by atoms with E-state index in [0.29, 0.717) is 0 Å². The Bertz CT molecular complexity index is 321.